The fourth-order valence-electron chi connectivity index (χ4n) is 1.91. The molecule has 0 saturated carbocycles. The molecule has 0 aromatic heterocycles. The lowest BCUT2D eigenvalue weighted by molar-refractivity contribution is 0.277. The number of hydrogen-bond acceptors (Lipinski definition) is 2. The van der Waals surface area contributed by atoms with Crippen LogP contribution in [0.4, 0.5) is 4.39 Å². The van der Waals surface area contributed by atoms with Crippen LogP contribution in [0.25, 0.3) is 0 Å². The molecule has 2 aromatic carbocycles. The van der Waals surface area contributed by atoms with Gasteiger partial charge >= 0.3 is 0 Å². The van der Waals surface area contributed by atoms with E-state index in [1.807, 2.05) is 31.2 Å². The number of benzene rings is 2. The van der Waals surface area contributed by atoms with Gasteiger partial charge in [-0.15, -0.1) is 0 Å². The standard InChI is InChI=1S/C16H18FNO/c1-11-5-3-7-13(9-11)14(18)10-19-15-8-4-6-12(2)16(15)17/h3-9,14H,10,18H2,1-2H3. The average molecular weight is 259 g/mol. The first-order valence-corrected chi connectivity index (χ1v) is 6.28. The van der Waals surface area contributed by atoms with Crippen LogP contribution < -0.4 is 10.5 Å². The Balaban J connectivity index is 2.04. The van der Waals surface area contributed by atoms with Crippen molar-refractivity contribution in [2.24, 2.45) is 5.73 Å². The topological polar surface area (TPSA) is 35.2 Å². The van der Waals surface area contributed by atoms with Crippen molar-refractivity contribution in [2.75, 3.05) is 6.61 Å². The van der Waals surface area contributed by atoms with Gasteiger partial charge in [0.1, 0.15) is 6.61 Å². The van der Waals surface area contributed by atoms with Crippen molar-refractivity contribution >= 4 is 0 Å². The second-order valence-corrected chi connectivity index (χ2v) is 4.72. The highest BCUT2D eigenvalue weighted by atomic mass is 19.1. The lowest BCUT2D eigenvalue weighted by Crippen LogP contribution is -2.19. The summed E-state index contributed by atoms with van der Waals surface area (Å²) in [6, 6.07) is 12.8. The molecule has 1 atom stereocenters. The first-order chi connectivity index (χ1) is 9.08. The maximum absolute atomic E-state index is 13.8. The van der Waals surface area contributed by atoms with E-state index >= 15 is 0 Å². The maximum atomic E-state index is 13.8. The van der Waals surface area contributed by atoms with E-state index in [0.717, 1.165) is 11.1 Å². The van der Waals surface area contributed by atoms with E-state index in [4.69, 9.17) is 10.5 Å². The molecule has 0 amide bonds. The summed E-state index contributed by atoms with van der Waals surface area (Å²) in [6.07, 6.45) is 0. The second-order valence-electron chi connectivity index (χ2n) is 4.72. The van der Waals surface area contributed by atoms with Gasteiger partial charge in [0, 0.05) is 0 Å². The third-order valence-corrected chi connectivity index (χ3v) is 3.05. The van der Waals surface area contributed by atoms with Crippen LogP contribution in [-0.4, -0.2) is 6.61 Å². The van der Waals surface area contributed by atoms with Crippen LogP contribution in [0.1, 0.15) is 22.7 Å². The molecule has 0 heterocycles. The molecular formula is C16H18FNO. The molecule has 0 bridgehead atoms. The molecule has 0 saturated heterocycles. The van der Waals surface area contributed by atoms with E-state index in [1.54, 1.807) is 25.1 Å². The number of halogens is 1. The minimum Gasteiger partial charge on any atom is -0.489 e. The van der Waals surface area contributed by atoms with Crippen molar-refractivity contribution in [2.45, 2.75) is 19.9 Å². The Bertz CT molecular complexity index is 568. The maximum Gasteiger partial charge on any atom is 0.167 e. The zero-order valence-electron chi connectivity index (χ0n) is 11.2. The Kier molecular flexibility index (Phi) is 4.17. The Morgan fingerprint density at radius 1 is 1.16 bits per heavy atom. The van der Waals surface area contributed by atoms with E-state index in [-0.39, 0.29) is 24.2 Å². The Morgan fingerprint density at radius 3 is 2.63 bits per heavy atom. The molecule has 0 spiro atoms. The smallest absolute Gasteiger partial charge is 0.167 e. The van der Waals surface area contributed by atoms with E-state index in [9.17, 15) is 4.39 Å². The summed E-state index contributed by atoms with van der Waals surface area (Å²) >= 11 is 0. The Labute approximate surface area is 113 Å². The predicted molar refractivity (Wildman–Crippen MR) is 74.7 cm³/mol. The number of hydrogen-bond donors (Lipinski definition) is 1. The number of rotatable bonds is 4. The third kappa shape index (κ3) is 3.32. The van der Waals surface area contributed by atoms with Gasteiger partial charge in [-0.25, -0.2) is 4.39 Å². The van der Waals surface area contributed by atoms with Gasteiger partial charge in [-0.1, -0.05) is 42.0 Å². The fraction of sp³-hybridized carbons (Fsp3) is 0.250. The molecule has 3 heteroatoms. The number of ether oxygens (including phenoxy) is 1. The molecule has 0 aliphatic carbocycles. The van der Waals surface area contributed by atoms with Crippen LogP contribution in [0.15, 0.2) is 42.5 Å². The van der Waals surface area contributed by atoms with Gasteiger partial charge in [0.25, 0.3) is 0 Å². The van der Waals surface area contributed by atoms with Gasteiger partial charge in [-0.3, -0.25) is 0 Å². The molecule has 100 valence electrons. The van der Waals surface area contributed by atoms with E-state index in [0.29, 0.717) is 5.56 Å². The summed E-state index contributed by atoms with van der Waals surface area (Å²) in [5, 5.41) is 0. The molecule has 2 N–H and O–H groups in total. The highest BCUT2D eigenvalue weighted by Gasteiger charge is 2.10. The number of aryl methyl sites for hydroxylation is 2. The molecule has 0 radical (unpaired) electrons. The van der Waals surface area contributed by atoms with Gasteiger partial charge in [-0.2, -0.15) is 0 Å². The predicted octanol–water partition coefficient (Wildman–Crippen LogP) is 3.52. The molecule has 1 unspecified atom stereocenters. The van der Waals surface area contributed by atoms with Gasteiger partial charge in [0.2, 0.25) is 0 Å². The van der Waals surface area contributed by atoms with Crippen LogP contribution in [0, 0.1) is 19.7 Å². The first-order valence-electron chi connectivity index (χ1n) is 6.28. The van der Waals surface area contributed by atoms with Crippen LogP contribution in [-0.2, 0) is 0 Å². The zero-order chi connectivity index (χ0) is 13.8. The lowest BCUT2D eigenvalue weighted by atomic mass is 10.1. The quantitative estimate of drug-likeness (QED) is 0.911. The van der Waals surface area contributed by atoms with E-state index < -0.39 is 0 Å². The van der Waals surface area contributed by atoms with Crippen LogP contribution in [0.2, 0.25) is 0 Å². The fourth-order valence-corrected chi connectivity index (χ4v) is 1.91. The molecule has 19 heavy (non-hydrogen) atoms. The first kappa shape index (κ1) is 13.6. The van der Waals surface area contributed by atoms with Gasteiger partial charge in [0.05, 0.1) is 6.04 Å². The zero-order valence-corrected chi connectivity index (χ0v) is 11.2. The van der Waals surface area contributed by atoms with Crippen molar-refractivity contribution in [3.8, 4) is 5.75 Å². The Hall–Kier alpha value is -1.87. The van der Waals surface area contributed by atoms with Gasteiger partial charge in [0.15, 0.2) is 11.6 Å². The molecule has 0 aliphatic rings. The van der Waals surface area contributed by atoms with Gasteiger partial charge < -0.3 is 10.5 Å². The molecular weight excluding hydrogens is 241 g/mol. The minimum absolute atomic E-state index is 0.253. The summed E-state index contributed by atoms with van der Waals surface area (Å²) in [5.74, 6) is -0.0676. The molecule has 2 nitrogen and oxygen atoms in total. The molecule has 2 rings (SSSR count). The van der Waals surface area contributed by atoms with E-state index in [1.165, 1.54) is 0 Å². The summed E-state index contributed by atoms with van der Waals surface area (Å²) in [5.41, 5.74) is 8.76. The van der Waals surface area contributed by atoms with Crippen LogP contribution in [0.3, 0.4) is 0 Å². The van der Waals surface area contributed by atoms with Crippen molar-refractivity contribution in [3.05, 3.63) is 65.0 Å². The SMILES string of the molecule is Cc1cccc(C(N)COc2cccc(C)c2F)c1. The minimum atomic E-state index is -0.320. The summed E-state index contributed by atoms with van der Waals surface area (Å²) in [4.78, 5) is 0. The highest BCUT2D eigenvalue weighted by Crippen LogP contribution is 2.21. The molecule has 2 aromatic rings. The van der Waals surface area contributed by atoms with Crippen molar-refractivity contribution in [1.29, 1.82) is 0 Å². The van der Waals surface area contributed by atoms with Gasteiger partial charge in [-0.05, 0) is 31.0 Å². The van der Waals surface area contributed by atoms with Crippen molar-refractivity contribution in [3.63, 3.8) is 0 Å². The van der Waals surface area contributed by atoms with Crippen LogP contribution in [0.5, 0.6) is 5.75 Å². The summed E-state index contributed by atoms with van der Waals surface area (Å²) < 4.78 is 19.2. The summed E-state index contributed by atoms with van der Waals surface area (Å²) in [6.45, 7) is 3.98. The van der Waals surface area contributed by atoms with Crippen molar-refractivity contribution < 1.29 is 9.13 Å². The largest absolute Gasteiger partial charge is 0.489 e. The highest BCUT2D eigenvalue weighted by molar-refractivity contribution is 5.30. The lowest BCUT2D eigenvalue weighted by Gasteiger charge is -2.15. The normalized spacial score (nSPS) is 12.2. The second kappa shape index (κ2) is 5.85. The van der Waals surface area contributed by atoms with Crippen LogP contribution >= 0.6 is 0 Å². The van der Waals surface area contributed by atoms with Crippen molar-refractivity contribution in [1.82, 2.24) is 0 Å². The third-order valence-electron chi connectivity index (χ3n) is 3.05. The molecule has 0 aliphatic heterocycles. The summed E-state index contributed by atoms with van der Waals surface area (Å²) in [7, 11) is 0. The average Bonchev–Trinajstić information content (AvgIpc) is 2.40. The Morgan fingerprint density at radius 2 is 1.89 bits per heavy atom. The van der Waals surface area contributed by atoms with E-state index in [2.05, 4.69) is 0 Å². The monoisotopic (exact) mass is 259 g/mol. The molecule has 0 fully saturated rings. The number of nitrogens with two attached hydrogens (primary N) is 1.